The van der Waals surface area contributed by atoms with Crippen molar-refractivity contribution in [3.8, 4) is 0 Å². The molecule has 0 aromatic carbocycles. The Hall–Kier alpha value is -0.610. The highest BCUT2D eigenvalue weighted by molar-refractivity contribution is 4.77. The summed E-state index contributed by atoms with van der Waals surface area (Å²) < 4.78 is 50.6. The van der Waals surface area contributed by atoms with Crippen molar-refractivity contribution in [1.82, 2.24) is 0 Å². The summed E-state index contributed by atoms with van der Waals surface area (Å²) in [6, 6.07) is 0. The molecule has 0 bridgehead atoms. The van der Waals surface area contributed by atoms with Crippen LogP contribution in [0.4, 0.5) is 22.0 Å². The summed E-state index contributed by atoms with van der Waals surface area (Å²) in [5, 5.41) is 0. The molecule has 0 saturated heterocycles. The first kappa shape index (κ1) is 10.4. The van der Waals surface area contributed by atoms with Crippen molar-refractivity contribution in [3.05, 3.63) is 12.2 Å². The van der Waals surface area contributed by atoms with Gasteiger partial charge in [-0.3, -0.25) is 4.39 Å². The predicted molar refractivity (Wildman–Crippen MR) is 18.5 cm³/mol. The molecule has 0 saturated carbocycles. The summed E-state index contributed by atoms with van der Waals surface area (Å²) >= 11 is 0. The van der Waals surface area contributed by atoms with Crippen LogP contribution in [0.5, 0.6) is 0 Å². The van der Waals surface area contributed by atoms with Gasteiger partial charge in [-0.25, -0.2) is 0 Å². The van der Waals surface area contributed by atoms with E-state index < -0.39 is 12.2 Å². The van der Waals surface area contributed by atoms with E-state index in [0.29, 0.717) is 7.18 Å². The lowest BCUT2D eigenvalue weighted by atomic mass is 11.1. The van der Waals surface area contributed by atoms with Gasteiger partial charge in [-0.1, -0.05) is 0 Å². The highest BCUT2D eigenvalue weighted by Crippen LogP contribution is 2.08. The van der Waals surface area contributed by atoms with Gasteiger partial charge in [0.25, 0.3) is 0 Å². The summed E-state index contributed by atoms with van der Waals surface area (Å²) in [5.74, 6) is 0. The van der Waals surface area contributed by atoms with Crippen molar-refractivity contribution >= 4 is 0 Å². The first-order valence-electron chi connectivity index (χ1n) is 1.38. The number of hydrogen-bond donors (Lipinski definition) is 0. The minimum absolute atomic E-state index is 0.500. The Balaban J connectivity index is 0. The van der Waals surface area contributed by atoms with Crippen LogP contribution >= 0.6 is 0 Å². The average molecular weight is 134 g/mol. The Bertz CT molecular complexity index is 57.7. The van der Waals surface area contributed by atoms with E-state index in [4.69, 9.17) is 0 Å². The molecule has 0 atom stereocenters. The van der Waals surface area contributed by atoms with E-state index in [9.17, 15) is 22.0 Å². The topological polar surface area (TPSA) is 0 Å². The summed E-state index contributed by atoms with van der Waals surface area (Å²) in [6.45, 7) is 0. The molecule has 0 aromatic heterocycles. The molecule has 0 N–H and O–H groups in total. The van der Waals surface area contributed by atoms with Gasteiger partial charge in [0.1, 0.15) is 0 Å². The van der Waals surface area contributed by atoms with Gasteiger partial charge in [0.05, 0.1) is 7.18 Å². The van der Waals surface area contributed by atoms with Gasteiger partial charge in [0.2, 0.25) is 0 Å². The number of halogens is 5. The van der Waals surface area contributed by atoms with Gasteiger partial charge < -0.3 is 0 Å². The van der Waals surface area contributed by atoms with Crippen LogP contribution < -0.4 is 0 Å². The Labute approximate surface area is 42.6 Å². The molecule has 0 radical (unpaired) electrons. The van der Waals surface area contributed by atoms with E-state index in [1.807, 2.05) is 0 Å². The van der Waals surface area contributed by atoms with Crippen LogP contribution in [0.2, 0.25) is 0 Å². The fourth-order valence-corrected chi connectivity index (χ4v) is 0. The molecule has 0 nitrogen and oxygen atoms in total. The van der Waals surface area contributed by atoms with Gasteiger partial charge in [-0.05, 0) is 0 Å². The van der Waals surface area contributed by atoms with Crippen molar-refractivity contribution in [2.75, 3.05) is 7.18 Å². The molecule has 8 heavy (non-hydrogen) atoms. The molecule has 0 aliphatic rings. The quantitative estimate of drug-likeness (QED) is 0.446. The second kappa shape index (κ2) is 6.39. The van der Waals surface area contributed by atoms with E-state index in [2.05, 4.69) is 0 Å². The Kier molecular flexibility index (Phi) is 8.30. The Morgan fingerprint density at radius 3 is 0.875 bits per heavy atom. The maximum absolute atomic E-state index is 10.3. The maximum atomic E-state index is 10.3. The fraction of sp³-hybridized carbons (Fsp3) is 0.333. The normalized spacial score (nSPS) is 6.75. The first-order chi connectivity index (χ1) is 3.64. The van der Waals surface area contributed by atoms with Crippen molar-refractivity contribution < 1.29 is 22.0 Å². The maximum Gasteiger partial charge on any atom is 0.334 e. The van der Waals surface area contributed by atoms with Crippen LogP contribution in [0, 0.1) is 0 Å². The molecule has 0 aliphatic heterocycles. The SMILES string of the molecule is CF.FC(F)=C(F)F. The molecule has 0 heterocycles. The smallest absolute Gasteiger partial charge is 0.255 e. The second-order valence-corrected chi connectivity index (χ2v) is 0.521. The molecule has 5 heteroatoms. The number of hydrogen-bond acceptors (Lipinski definition) is 0. The Morgan fingerprint density at radius 2 is 0.875 bits per heavy atom. The van der Waals surface area contributed by atoms with E-state index >= 15 is 0 Å². The van der Waals surface area contributed by atoms with Crippen molar-refractivity contribution in [2.45, 2.75) is 0 Å². The molecule has 0 unspecified atom stereocenters. The number of alkyl halides is 1. The monoisotopic (exact) mass is 134 g/mol. The van der Waals surface area contributed by atoms with Crippen LogP contribution in [0.3, 0.4) is 0 Å². The molecule has 0 rings (SSSR count). The van der Waals surface area contributed by atoms with Crippen LogP contribution in [0.1, 0.15) is 0 Å². The number of rotatable bonds is 0. The zero-order valence-corrected chi connectivity index (χ0v) is 3.89. The van der Waals surface area contributed by atoms with Gasteiger partial charge in [0.15, 0.2) is 0 Å². The zero-order valence-electron chi connectivity index (χ0n) is 3.89. The van der Waals surface area contributed by atoms with Crippen molar-refractivity contribution in [2.24, 2.45) is 0 Å². The third-order valence-corrected chi connectivity index (χ3v) is 0.143. The van der Waals surface area contributed by atoms with E-state index in [1.54, 1.807) is 0 Å². The third kappa shape index (κ3) is 9.04. The van der Waals surface area contributed by atoms with E-state index in [0.717, 1.165) is 0 Å². The van der Waals surface area contributed by atoms with Gasteiger partial charge in [0, 0.05) is 0 Å². The van der Waals surface area contributed by atoms with E-state index in [-0.39, 0.29) is 0 Å². The predicted octanol–water partition coefficient (Wildman–Crippen LogP) is 2.58. The zero-order chi connectivity index (χ0) is 7.15. The minimum Gasteiger partial charge on any atom is -0.255 e. The standard InChI is InChI=1S/C2F4.CH3F/c3-1(4)2(5)6;1-2/h;1H3. The van der Waals surface area contributed by atoms with Gasteiger partial charge in [-0.2, -0.15) is 17.6 Å². The molecule has 0 fully saturated rings. The highest BCUT2D eigenvalue weighted by Gasteiger charge is 1.98. The van der Waals surface area contributed by atoms with Crippen molar-refractivity contribution in [1.29, 1.82) is 0 Å². The summed E-state index contributed by atoms with van der Waals surface area (Å²) in [6.07, 6.45) is -5.81. The molecular formula is C3H3F5. The molecular weight excluding hydrogens is 131 g/mol. The molecule has 0 spiro atoms. The van der Waals surface area contributed by atoms with Crippen LogP contribution in [-0.2, 0) is 0 Å². The van der Waals surface area contributed by atoms with Crippen LogP contribution in [0.15, 0.2) is 12.2 Å². The lowest BCUT2D eigenvalue weighted by molar-refractivity contribution is 0.308. The largest absolute Gasteiger partial charge is 0.334 e. The average Bonchev–Trinajstić information content (AvgIpc) is 1.72. The van der Waals surface area contributed by atoms with Crippen LogP contribution in [-0.4, -0.2) is 7.18 Å². The summed E-state index contributed by atoms with van der Waals surface area (Å²) in [4.78, 5) is 0. The minimum atomic E-state index is -2.91. The van der Waals surface area contributed by atoms with Gasteiger partial charge >= 0.3 is 12.2 Å². The van der Waals surface area contributed by atoms with Crippen LogP contribution in [0.25, 0.3) is 0 Å². The van der Waals surface area contributed by atoms with Crippen molar-refractivity contribution in [3.63, 3.8) is 0 Å². The molecule has 0 aliphatic carbocycles. The fourth-order valence-electron chi connectivity index (χ4n) is 0. The second-order valence-electron chi connectivity index (χ2n) is 0.521. The molecule has 0 amide bonds. The summed E-state index contributed by atoms with van der Waals surface area (Å²) in [5.41, 5.74) is 0. The molecule has 0 aromatic rings. The van der Waals surface area contributed by atoms with Gasteiger partial charge in [-0.15, -0.1) is 0 Å². The molecule has 50 valence electrons. The highest BCUT2D eigenvalue weighted by atomic mass is 19.3. The lowest BCUT2D eigenvalue weighted by Gasteiger charge is -1.69. The third-order valence-electron chi connectivity index (χ3n) is 0.143. The Morgan fingerprint density at radius 1 is 0.750 bits per heavy atom. The first-order valence-corrected chi connectivity index (χ1v) is 1.38. The van der Waals surface area contributed by atoms with E-state index in [1.165, 1.54) is 0 Å². The lowest BCUT2D eigenvalue weighted by Crippen LogP contribution is -1.56. The summed E-state index contributed by atoms with van der Waals surface area (Å²) in [7, 11) is 0.500.